The van der Waals surface area contributed by atoms with Crippen LogP contribution in [0.4, 0.5) is 10.5 Å². The third-order valence-corrected chi connectivity index (χ3v) is 5.60. The Morgan fingerprint density at radius 1 is 1.19 bits per heavy atom. The Balaban J connectivity index is 1.44. The van der Waals surface area contributed by atoms with E-state index in [1.165, 1.54) is 24.8 Å². The van der Waals surface area contributed by atoms with Crippen molar-refractivity contribution in [1.82, 2.24) is 15.1 Å². The van der Waals surface area contributed by atoms with Crippen molar-refractivity contribution in [2.24, 2.45) is 0 Å². The second-order valence-corrected chi connectivity index (χ2v) is 7.73. The molecule has 6 nitrogen and oxygen atoms in total. The largest absolute Gasteiger partial charge is 0.341 e. The Bertz CT molecular complexity index is 649. The van der Waals surface area contributed by atoms with Crippen molar-refractivity contribution in [3.8, 4) is 0 Å². The van der Waals surface area contributed by atoms with Gasteiger partial charge in [0.25, 0.3) is 0 Å². The number of rotatable bonds is 6. The van der Waals surface area contributed by atoms with Gasteiger partial charge < -0.3 is 15.5 Å². The molecule has 2 N–H and O–H groups in total. The molecule has 6 heteroatoms. The predicted octanol–water partition coefficient (Wildman–Crippen LogP) is 3.20. The molecule has 2 heterocycles. The minimum atomic E-state index is -0.219. The maximum Gasteiger partial charge on any atom is 0.319 e. The molecule has 148 valence electrons. The average Bonchev–Trinajstić information content (AvgIpc) is 2.65. The van der Waals surface area contributed by atoms with Gasteiger partial charge in [0.15, 0.2) is 0 Å². The van der Waals surface area contributed by atoms with Crippen molar-refractivity contribution >= 4 is 17.6 Å². The smallest absolute Gasteiger partial charge is 0.319 e. The van der Waals surface area contributed by atoms with Crippen LogP contribution in [0.2, 0.25) is 0 Å². The van der Waals surface area contributed by atoms with Crippen molar-refractivity contribution < 1.29 is 9.59 Å². The molecule has 0 spiro atoms. The van der Waals surface area contributed by atoms with E-state index in [1.807, 2.05) is 17.0 Å². The van der Waals surface area contributed by atoms with Crippen LogP contribution in [0.1, 0.15) is 51.0 Å². The van der Waals surface area contributed by atoms with Crippen LogP contribution in [-0.4, -0.2) is 54.0 Å². The van der Waals surface area contributed by atoms with Gasteiger partial charge in [0, 0.05) is 44.3 Å². The number of benzene rings is 1. The molecule has 2 aliphatic rings. The van der Waals surface area contributed by atoms with Gasteiger partial charge in [-0.05, 0) is 56.8 Å². The highest BCUT2D eigenvalue weighted by Crippen LogP contribution is 2.20. The number of nitrogens with zero attached hydrogens (tertiary/aromatic N) is 2. The van der Waals surface area contributed by atoms with E-state index >= 15 is 0 Å². The highest BCUT2D eigenvalue weighted by molar-refractivity contribution is 5.89. The van der Waals surface area contributed by atoms with Crippen LogP contribution in [0, 0.1) is 0 Å². The first kappa shape index (κ1) is 19.7. The number of hydrogen-bond acceptors (Lipinski definition) is 3. The summed E-state index contributed by atoms with van der Waals surface area (Å²) in [6.45, 7) is 6.23. The van der Waals surface area contributed by atoms with E-state index in [-0.39, 0.29) is 11.9 Å². The molecule has 27 heavy (non-hydrogen) atoms. The SMILES string of the molecule is CC1CCCCN1Cc1cccc(NC(=O)NCCN2CCCCC2=O)c1. The summed E-state index contributed by atoms with van der Waals surface area (Å²) in [7, 11) is 0. The lowest BCUT2D eigenvalue weighted by Crippen LogP contribution is -2.41. The van der Waals surface area contributed by atoms with Crippen molar-refractivity contribution in [1.29, 1.82) is 0 Å². The highest BCUT2D eigenvalue weighted by atomic mass is 16.2. The maximum atomic E-state index is 12.2. The zero-order valence-corrected chi connectivity index (χ0v) is 16.4. The van der Waals surface area contributed by atoms with Crippen LogP contribution in [0.15, 0.2) is 24.3 Å². The van der Waals surface area contributed by atoms with Crippen LogP contribution >= 0.6 is 0 Å². The van der Waals surface area contributed by atoms with Crippen molar-refractivity contribution in [3.05, 3.63) is 29.8 Å². The summed E-state index contributed by atoms with van der Waals surface area (Å²) in [4.78, 5) is 28.3. The summed E-state index contributed by atoms with van der Waals surface area (Å²) in [6.07, 6.45) is 6.53. The minimum Gasteiger partial charge on any atom is -0.341 e. The van der Waals surface area contributed by atoms with Gasteiger partial charge in [-0.3, -0.25) is 9.69 Å². The molecule has 1 atom stereocenters. The van der Waals surface area contributed by atoms with Crippen LogP contribution in [0.5, 0.6) is 0 Å². The van der Waals surface area contributed by atoms with Crippen molar-refractivity contribution in [2.75, 3.05) is 31.5 Å². The molecule has 0 saturated carbocycles. The molecule has 2 aliphatic heterocycles. The van der Waals surface area contributed by atoms with Gasteiger partial charge in [-0.15, -0.1) is 0 Å². The number of amides is 3. The molecule has 0 radical (unpaired) electrons. The third-order valence-electron chi connectivity index (χ3n) is 5.60. The molecule has 3 rings (SSSR count). The Hall–Kier alpha value is -2.08. The zero-order chi connectivity index (χ0) is 19.1. The topological polar surface area (TPSA) is 64.7 Å². The lowest BCUT2D eigenvalue weighted by atomic mass is 10.0. The molecular weight excluding hydrogens is 340 g/mol. The van der Waals surface area contributed by atoms with Gasteiger partial charge >= 0.3 is 6.03 Å². The second kappa shape index (κ2) is 9.74. The Morgan fingerprint density at radius 3 is 2.85 bits per heavy atom. The standard InChI is InChI=1S/C21H32N4O2/c1-17-7-2-4-13-25(17)16-18-8-6-9-19(15-18)23-21(27)22-11-14-24-12-5-3-10-20(24)26/h6,8-9,15,17H,2-5,7,10-14,16H2,1H3,(H2,22,23,27). The van der Waals surface area contributed by atoms with Gasteiger partial charge in [0.2, 0.25) is 5.91 Å². The molecule has 0 aliphatic carbocycles. The fourth-order valence-corrected chi connectivity index (χ4v) is 3.95. The van der Waals surface area contributed by atoms with Gasteiger partial charge in [-0.25, -0.2) is 4.79 Å². The molecular formula is C21H32N4O2. The fourth-order valence-electron chi connectivity index (χ4n) is 3.95. The van der Waals surface area contributed by atoms with E-state index in [9.17, 15) is 9.59 Å². The first-order valence-electron chi connectivity index (χ1n) is 10.3. The van der Waals surface area contributed by atoms with E-state index in [4.69, 9.17) is 0 Å². The van der Waals surface area contributed by atoms with Crippen molar-refractivity contribution in [2.45, 2.75) is 58.0 Å². The Morgan fingerprint density at radius 2 is 2.04 bits per heavy atom. The van der Waals surface area contributed by atoms with Crippen LogP contribution < -0.4 is 10.6 Å². The Kier molecular flexibility index (Phi) is 7.10. The number of piperidine rings is 2. The lowest BCUT2D eigenvalue weighted by molar-refractivity contribution is -0.133. The third kappa shape index (κ3) is 5.96. The van der Waals surface area contributed by atoms with E-state index in [0.717, 1.165) is 38.2 Å². The first-order valence-corrected chi connectivity index (χ1v) is 10.3. The highest BCUT2D eigenvalue weighted by Gasteiger charge is 2.19. The Labute approximate surface area is 162 Å². The number of nitrogens with one attached hydrogen (secondary N) is 2. The van der Waals surface area contributed by atoms with Gasteiger partial charge in [0.1, 0.15) is 0 Å². The average molecular weight is 373 g/mol. The molecule has 0 aromatic heterocycles. The molecule has 2 fully saturated rings. The van der Waals surface area contributed by atoms with Crippen molar-refractivity contribution in [3.63, 3.8) is 0 Å². The summed E-state index contributed by atoms with van der Waals surface area (Å²) in [5, 5.41) is 5.76. The van der Waals surface area contributed by atoms with Gasteiger partial charge in [-0.1, -0.05) is 18.6 Å². The summed E-state index contributed by atoms with van der Waals surface area (Å²) in [5.74, 6) is 0.197. The number of likely N-dealkylation sites (tertiary alicyclic amines) is 2. The quantitative estimate of drug-likeness (QED) is 0.806. The number of anilines is 1. The number of carbonyl (C=O) groups is 2. The van der Waals surface area contributed by atoms with Crippen LogP contribution in [0.3, 0.4) is 0 Å². The molecule has 1 unspecified atom stereocenters. The van der Waals surface area contributed by atoms with Crippen LogP contribution in [0.25, 0.3) is 0 Å². The first-order chi connectivity index (χ1) is 13.1. The molecule has 3 amide bonds. The summed E-state index contributed by atoms with van der Waals surface area (Å²) >= 11 is 0. The number of carbonyl (C=O) groups excluding carboxylic acids is 2. The summed E-state index contributed by atoms with van der Waals surface area (Å²) in [5.41, 5.74) is 2.03. The van der Waals surface area contributed by atoms with E-state index in [1.54, 1.807) is 0 Å². The predicted molar refractivity (Wildman–Crippen MR) is 108 cm³/mol. The maximum absolute atomic E-state index is 12.2. The van der Waals surface area contributed by atoms with Gasteiger partial charge in [0.05, 0.1) is 0 Å². The summed E-state index contributed by atoms with van der Waals surface area (Å²) in [6, 6.07) is 8.48. The lowest BCUT2D eigenvalue weighted by Gasteiger charge is -2.33. The molecule has 1 aromatic rings. The molecule has 0 bridgehead atoms. The minimum absolute atomic E-state index is 0.197. The monoisotopic (exact) mass is 372 g/mol. The van der Waals surface area contributed by atoms with Gasteiger partial charge in [-0.2, -0.15) is 0 Å². The number of hydrogen-bond donors (Lipinski definition) is 2. The van der Waals surface area contributed by atoms with E-state index < -0.39 is 0 Å². The molecule has 2 saturated heterocycles. The molecule has 1 aromatic carbocycles. The fraction of sp³-hybridized carbons (Fsp3) is 0.619. The summed E-state index contributed by atoms with van der Waals surface area (Å²) < 4.78 is 0. The normalized spacial score (nSPS) is 21.1. The number of urea groups is 1. The van der Waals surface area contributed by atoms with E-state index in [2.05, 4.69) is 34.6 Å². The van der Waals surface area contributed by atoms with Crippen LogP contribution in [-0.2, 0) is 11.3 Å². The van der Waals surface area contributed by atoms with E-state index in [0.29, 0.717) is 25.6 Å². The second-order valence-electron chi connectivity index (χ2n) is 7.73. The zero-order valence-electron chi connectivity index (χ0n) is 16.4.